The highest BCUT2D eigenvalue weighted by Crippen LogP contribution is 2.31. The molecule has 7 heteroatoms. The Morgan fingerprint density at radius 3 is 2.48 bits per heavy atom. The molecule has 0 fully saturated rings. The molecule has 0 saturated carbocycles. The average molecular weight is 366 g/mol. The number of nitrogens with one attached hydrogen (secondary N) is 1. The van der Waals surface area contributed by atoms with Crippen molar-refractivity contribution in [2.45, 2.75) is 5.03 Å². The topological polar surface area (TPSA) is 64.0 Å². The van der Waals surface area contributed by atoms with E-state index in [1.165, 1.54) is 16.9 Å². The van der Waals surface area contributed by atoms with Gasteiger partial charge in [-0.15, -0.1) is 0 Å². The highest BCUT2D eigenvalue weighted by molar-refractivity contribution is 9.10. The number of aryl methyl sites for hydroxylation is 1. The van der Waals surface area contributed by atoms with Crippen LogP contribution in [-0.4, -0.2) is 18.2 Å². The number of aromatic nitrogens is 2. The van der Waals surface area contributed by atoms with E-state index in [1.54, 1.807) is 13.1 Å². The van der Waals surface area contributed by atoms with Gasteiger partial charge in [-0.25, -0.2) is 0 Å². The summed E-state index contributed by atoms with van der Waals surface area (Å²) in [6.45, 7) is 0. The molecule has 1 N–H and O–H groups in total. The minimum Gasteiger partial charge on any atom is -0.278 e. The van der Waals surface area contributed by atoms with Crippen molar-refractivity contribution in [2.75, 3.05) is 4.72 Å². The van der Waals surface area contributed by atoms with Gasteiger partial charge in [-0.3, -0.25) is 9.40 Å². The predicted molar refractivity (Wildman–Crippen MR) is 85.7 cm³/mol. The first-order chi connectivity index (χ1) is 9.99. The summed E-state index contributed by atoms with van der Waals surface area (Å²) in [5.41, 5.74) is 0.537. The van der Waals surface area contributed by atoms with Crippen molar-refractivity contribution < 1.29 is 8.42 Å². The van der Waals surface area contributed by atoms with Crippen LogP contribution >= 0.6 is 15.9 Å². The third-order valence-corrected chi connectivity index (χ3v) is 5.30. The third kappa shape index (κ3) is 2.54. The maximum atomic E-state index is 12.4. The predicted octanol–water partition coefficient (Wildman–Crippen LogP) is 3.14. The van der Waals surface area contributed by atoms with Crippen molar-refractivity contribution in [1.82, 2.24) is 9.78 Å². The first-order valence-electron chi connectivity index (χ1n) is 6.17. The quantitative estimate of drug-likeness (QED) is 0.775. The summed E-state index contributed by atoms with van der Waals surface area (Å²) in [6, 6.07) is 12.6. The minimum absolute atomic E-state index is 0.120. The van der Waals surface area contributed by atoms with Crippen LogP contribution in [0.2, 0.25) is 0 Å². The second-order valence-electron chi connectivity index (χ2n) is 4.54. The highest BCUT2D eigenvalue weighted by atomic mass is 79.9. The van der Waals surface area contributed by atoms with E-state index in [9.17, 15) is 8.42 Å². The number of halogens is 1. The summed E-state index contributed by atoms with van der Waals surface area (Å²) in [4.78, 5) is 0. The number of rotatable bonds is 3. The average Bonchev–Trinajstić information content (AvgIpc) is 2.89. The van der Waals surface area contributed by atoms with E-state index in [1.807, 2.05) is 30.3 Å². The molecule has 2 aromatic carbocycles. The molecule has 1 heterocycles. The van der Waals surface area contributed by atoms with Gasteiger partial charge in [0.15, 0.2) is 5.03 Å². The van der Waals surface area contributed by atoms with Crippen LogP contribution in [0.1, 0.15) is 0 Å². The molecule has 0 aliphatic carbocycles. The van der Waals surface area contributed by atoms with Crippen LogP contribution < -0.4 is 4.72 Å². The van der Waals surface area contributed by atoms with Crippen LogP contribution in [0.3, 0.4) is 0 Å². The molecule has 0 bridgehead atoms. The van der Waals surface area contributed by atoms with Crippen molar-refractivity contribution >= 4 is 42.4 Å². The van der Waals surface area contributed by atoms with E-state index in [0.29, 0.717) is 5.69 Å². The Bertz CT molecular complexity index is 919. The zero-order chi connectivity index (χ0) is 15.0. The number of sulfonamides is 1. The lowest BCUT2D eigenvalue weighted by Crippen LogP contribution is -2.16. The Labute approximate surface area is 130 Å². The lowest BCUT2D eigenvalue weighted by atomic mass is 10.1. The molecule has 108 valence electrons. The van der Waals surface area contributed by atoms with Gasteiger partial charge in [0.25, 0.3) is 10.0 Å². The van der Waals surface area contributed by atoms with E-state index in [4.69, 9.17) is 0 Å². The number of hydrogen-bond donors (Lipinski definition) is 1. The molecule has 21 heavy (non-hydrogen) atoms. The monoisotopic (exact) mass is 365 g/mol. The molecule has 5 nitrogen and oxygen atoms in total. The maximum absolute atomic E-state index is 12.4. The second-order valence-corrected chi connectivity index (χ2v) is 7.02. The van der Waals surface area contributed by atoms with E-state index in [2.05, 4.69) is 25.8 Å². The summed E-state index contributed by atoms with van der Waals surface area (Å²) in [6.07, 6.45) is 1.45. The molecular formula is C14H12BrN3O2S. The molecular weight excluding hydrogens is 354 g/mol. The van der Waals surface area contributed by atoms with Crippen molar-refractivity contribution in [1.29, 1.82) is 0 Å². The fourth-order valence-corrected chi connectivity index (χ4v) is 3.86. The molecule has 0 amide bonds. The number of fused-ring (bicyclic) bond motifs is 1. The van der Waals surface area contributed by atoms with E-state index in [-0.39, 0.29) is 5.03 Å². The third-order valence-electron chi connectivity index (χ3n) is 3.17. The number of hydrogen-bond acceptors (Lipinski definition) is 3. The summed E-state index contributed by atoms with van der Waals surface area (Å²) in [5.74, 6) is 0. The Hall–Kier alpha value is -1.86. The van der Waals surface area contributed by atoms with Crippen molar-refractivity contribution in [3.05, 3.63) is 53.1 Å². The molecule has 0 saturated heterocycles. The van der Waals surface area contributed by atoms with Crippen LogP contribution in [0.4, 0.5) is 5.69 Å². The molecule has 0 aliphatic heterocycles. The zero-order valence-corrected chi connectivity index (χ0v) is 13.5. The smallest absolute Gasteiger partial charge is 0.278 e. The second kappa shape index (κ2) is 5.16. The van der Waals surface area contributed by atoms with Crippen LogP contribution in [0.5, 0.6) is 0 Å². The van der Waals surface area contributed by atoms with Crippen LogP contribution in [-0.2, 0) is 17.1 Å². The highest BCUT2D eigenvalue weighted by Gasteiger charge is 2.19. The Kier molecular flexibility index (Phi) is 3.46. The molecule has 3 rings (SSSR count). The van der Waals surface area contributed by atoms with Gasteiger partial charge in [0.1, 0.15) is 0 Å². The van der Waals surface area contributed by atoms with Crippen molar-refractivity contribution in [2.24, 2.45) is 7.05 Å². The van der Waals surface area contributed by atoms with Gasteiger partial charge >= 0.3 is 0 Å². The van der Waals surface area contributed by atoms with Crippen molar-refractivity contribution in [3.8, 4) is 0 Å². The zero-order valence-electron chi connectivity index (χ0n) is 11.1. The number of anilines is 1. The molecule has 3 aromatic rings. The summed E-state index contributed by atoms with van der Waals surface area (Å²) in [7, 11) is -2.08. The summed E-state index contributed by atoms with van der Waals surface area (Å²) >= 11 is 3.47. The van der Waals surface area contributed by atoms with E-state index < -0.39 is 10.0 Å². The number of benzene rings is 2. The molecule has 1 aromatic heterocycles. The Balaban J connectivity index is 2.11. The van der Waals surface area contributed by atoms with Crippen molar-refractivity contribution in [3.63, 3.8) is 0 Å². The fourth-order valence-electron chi connectivity index (χ4n) is 2.17. The minimum atomic E-state index is -3.67. The Morgan fingerprint density at radius 1 is 1.10 bits per heavy atom. The van der Waals surface area contributed by atoms with Gasteiger partial charge < -0.3 is 0 Å². The molecule has 0 atom stereocenters. The maximum Gasteiger partial charge on any atom is 0.279 e. The summed E-state index contributed by atoms with van der Waals surface area (Å²) in [5, 5.41) is 5.79. The van der Waals surface area contributed by atoms with Gasteiger partial charge in [0.2, 0.25) is 0 Å². The molecule has 0 radical (unpaired) electrons. The van der Waals surface area contributed by atoms with Gasteiger partial charge in [0, 0.05) is 16.9 Å². The van der Waals surface area contributed by atoms with E-state index in [0.717, 1.165) is 15.2 Å². The Morgan fingerprint density at radius 2 is 1.81 bits per heavy atom. The summed E-state index contributed by atoms with van der Waals surface area (Å²) < 4.78 is 29.7. The lowest BCUT2D eigenvalue weighted by molar-refractivity contribution is 0.582. The van der Waals surface area contributed by atoms with Gasteiger partial charge in [-0.2, -0.15) is 13.5 Å². The molecule has 0 spiro atoms. The van der Waals surface area contributed by atoms with Gasteiger partial charge in [-0.1, -0.05) is 40.2 Å². The molecule has 0 unspecified atom stereocenters. The normalized spacial score (nSPS) is 11.7. The van der Waals surface area contributed by atoms with Gasteiger partial charge in [0.05, 0.1) is 11.9 Å². The first-order valence-corrected chi connectivity index (χ1v) is 8.45. The van der Waals surface area contributed by atoms with Gasteiger partial charge in [-0.05, 0) is 23.6 Å². The largest absolute Gasteiger partial charge is 0.279 e. The number of nitrogens with zero attached hydrogens (tertiary/aromatic N) is 2. The van der Waals surface area contributed by atoms with Crippen LogP contribution in [0.25, 0.3) is 10.8 Å². The fraction of sp³-hybridized carbons (Fsp3) is 0.0714. The van der Waals surface area contributed by atoms with Crippen LogP contribution in [0, 0.1) is 0 Å². The van der Waals surface area contributed by atoms with Crippen LogP contribution in [0.15, 0.2) is 58.2 Å². The lowest BCUT2D eigenvalue weighted by Gasteiger charge is -2.11. The standard InChI is InChI=1S/C14H12BrN3O2S/c1-18-14(8-9-16-18)21(19,20)17-13-7-6-12(15)10-4-2-3-5-11(10)13/h2-9,17H,1H3. The SMILES string of the molecule is Cn1nccc1S(=O)(=O)Nc1ccc(Br)c2ccccc12. The van der Waals surface area contributed by atoms with E-state index >= 15 is 0 Å². The molecule has 0 aliphatic rings. The first kappa shape index (κ1) is 14.1.